The van der Waals surface area contributed by atoms with E-state index in [1.54, 1.807) is 24.3 Å². The molecule has 0 atom stereocenters. The highest BCUT2D eigenvalue weighted by Gasteiger charge is 2.11. The fourth-order valence-electron chi connectivity index (χ4n) is 2.83. The molecule has 0 saturated carbocycles. The number of nitrogens with zero attached hydrogens (tertiary/aromatic N) is 1. The Hall–Kier alpha value is -2.79. The van der Waals surface area contributed by atoms with Crippen LogP contribution in [0, 0.1) is 0 Å². The minimum atomic E-state index is -0.855. The normalized spacial score (nSPS) is 11.3. The van der Waals surface area contributed by atoms with Crippen LogP contribution in [0.25, 0.3) is 11.7 Å². The van der Waals surface area contributed by atoms with Gasteiger partial charge in [0.2, 0.25) is 0 Å². The van der Waals surface area contributed by atoms with Gasteiger partial charge in [0.15, 0.2) is 11.7 Å². The molecule has 0 amide bonds. The van der Waals surface area contributed by atoms with Gasteiger partial charge in [0.25, 0.3) is 0 Å². The van der Waals surface area contributed by atoms with Crippen LogP contribution >= 0.6 is 0 Å². The minimum absolute atomic E-state index is 0.204. The molecule has 0 radical (unpaired) electrons. The predicted octanol–water partition coefficient (Wildman–Crippen LogP) is 6.50. The monoisotopic (exact) mass is 429 g/mol. The molecule has 5 heteroatoms. The van der Waals surface area contributed by atoms with Crippen molar-refractivity contribution in [2.75, 3.05) is 27.7 Å². The van der Waals surface area contributed by atoms with Crippen LogP contribution in [0.3, 0.4) is 0 Å². The SMILES string of the molecule is C=C(C=O)CN(C)C.CCCCCc1ccc(/C(F)=C(\F)c2ccc(OC)cc2)cc1. The molecule has 2 aromatic rings. The van der Waals surface area contributed by atoms with Gasteiger partial charge in [0, 0.05) is 17.7 Å². The maximum atomic E-state index is 14.3. The Balaban J connectivity index is 0.000000512. The first-order valence-corrected chi connectivity index (χ1v) is 10.4. The third-order valence-corrected chi connectivity index (χ3v) is 4.50. The Kier molecular flexibility index (Phi) is 12.1. The molecule has 0 spiro atoms. The highest BCUT2D eigenvalue weighted by molar-refractivity contribution is 5.83. The molecular formula is C26H33F2NO2. The highest BCUT2D eigenvalue weighted by Crippen LogP contribution is 2.30. The molecule has 31 heavy (non-hydrogen) atoms. The maximum Gasteiger partial charge on any atom is 0.166 e. The van der Waals surface area contributed by atoms with Gasteiger partial charge in [0.05, 0.1) is 7.11 Å². The van der Waals surface area contributed by atoms with Crippen molar-refractivity contribution in [3.05, 3.63) is 77.4 Å². The molecule has 0 aromatic heterocycles. The zero-order valence-electron chi connectivity index (χ0n) is 19.0. The van der Waals surface area contributed by atoms with E-state index in [4.69, 9.17) is 4.74 Å². The molecule has 0 aliphatic rings. The molecule has 3 nitrogen and oxygen atoms in total. The Bertz CT molecular complexity index is 841. The average molecular weight is 430 g/mol. The number of ether oxygens (including phenoxy) is 1. The maximum absolute atomic E-state index is 14.3. The molecule has 0 saturated heterocycles. The van der Waals surface area contributed by atoms with E-state index in [1.807, 2.05) is 31.1 Å². The molecule has 0 fully saturated rings. The number of carbonyl (C=O) groups excluding carboxylic acids is 1. The highest BCUT2D eigenvalue weighted by atomic mass is 19.2. The number of hydrogen-bond donors (Lipinski definition) is 0. The van der Waals surface area contributed by atoms with Crippen molar-refractivity contribution in [3.8, 4) is 5.75 Å². The van der Waals surface area contributed by atoms with E-state index < -0.39 is 11.7 Å². The summed E-state index contributed by atoms with van der Waals surface area (Å²) in [4.78, 5) is 11.8. The van der Waals surface area contributed by atoms with Gasteiger partial charge in [-0.25, -0.2) is 8.78 Å². The lowest BCUT2D eigenvalue weighted by atomic mass is 10.0. The van der Waals surface area contributed by atoms with E-state index in [1.165, 1.54) is 32.1 Å². The number of aldehydes is 1. The smallest absolute Gasteiger partial charge is 0.166 e. The summed E-state index contributed by atoms with van der Waals surface area (Å²) in [6.45, 7) is 6.32. The van der Waals surface area contributed by atoms with Gasteiger partial charge in [-0.15, -0.1) is 0 Å². The Morgan fingerprint density at radius 2 is 1.48 bits per heavy atom. The summed E-state index contributed by atoms with van der Waals surface area (Å²) in [6, 6.07) is 13.2. The van der Waals surface area contributed by atoms with E-state index in [-0.39, 0.29) is 11.1 Å². The van der Waals surface area contributed by atoms with Crippen LogP contribution in [-0.2, 0) is 11.2 Å². The van der Waals surface area contributed by atoms with Crippen molar-refractivity contribution < 1.29 is 18.3 Å². The van der Waals surface area contributed by atoms with Crippen LogP contribution in [0.4, 0.5) is 8.78 Å². The van der Waals surface area contributed by atoms with Crippen LogP contribution in [0.2, 0.25) is 0 Å². The van der Waals surface area contributed by atoms with E-state index in [0.717, 1.165) is 24.7 Å². The van der Waals surface area contributed by atoms with Gasteiger partial charge in [-0.05, 0) is 62.3 Å². The van der Waals surface area contributed by atoms with E-state index in [9.17, 15) is 13.6 Å². The zero-order valence-corrected chi connectivity index (χ0v) is 19.0. The summed E-state index contributed by atoms with van der Waals surface area (Å²) in [5, 5.41) is 0. The summed E-state index contributed by atoms with van der Waals surface area (Å²) in [5.41, 5.74) is 2.24. The lowest BCUT2D eigenvalue weighted by molar-refractivity contribution is -0.105. The standard InChI is InChI=1S/C20H22F2O.C6H11NO/c1-3-4-5-6-15-7-9-16(10-8-15)19(21)20(22)17-11-13-18(23-2)14-12-17;1-6(5-8)4-7(2)3/h7-14H,3-6H2,1-2H3;5H,1,4H2,2-3H3/b20-19+;. The molecule has 0 aliphatic carbocycles. The number of hydrogen-bond acceptors (Lipinski definition) is 3. The topological polar surface area (TPSA) is 29.5 Å². The molecule has 0 unspecified atom stereocenters. The number of halogens is 2. The first kappa shape index (κ1) is 26.2. The molecule has 168 valence electrons. The van der Waals surface area contributed by atoms with Gasteiger partial charge in [-0.3, -0.25) is 4.79 Å². The predicted molar refractivity (Wildman–Crippen MR) is 125 cm³/mol. The molecule has 0 N–H and O–H groups in total. The largest absolute Gasteiger partial charge is 0.497 e. The fourth-order valence-corrected chi connectivity index (χ4v) is 2.83. The Labute approximate surface area is 185 Å². The summed E-state index contributed by atoms with van der Waals surface area (Å²) >= 11 is 0. The zero-order chi connectivity index (χ0) is 23.2. The Morgan fingerprint density at radius 1 is 0.968 bits per heavy atom. The lowest BCUT2D eigenvalue weighted by Gasteiger charge is -2.05. The molecule has 0 aliphatic heterocycles. The van der Waals surface area contributed by atoms with Crippen molar-refractivity contribution in [3.63, 3.8) is 0 Å². The van der Waals surface area contributed by atoms with Crippen LogP contribution in [-0.4, -0.2) is 38.9 Å². The Morgan fingerprint density at radius 3 is 1.87 bits per heavy atom. The van der Waals surface area contributed by atoms with Crippen LogP contribution in [0.1, 0.15) is 42.9 Å². The van der Waals surface area contributed by atoms with Gasteiger partial charge in [-0.1, -0.05) is 50.6 Å². The number of benzene rings is 2. The van der Waals surface area contributed by atoms with Crippen molar-refractivity contribution in [2.45, 2.75) is 32.6 Å². The van der Waals surface area contributed by atoms with Crippen LogP contribution in [0.5, 0.6) is 5.75 Å². The van der Waals surface area contributed by atoms with Gasteiger partial charge in [-0.2, -0.15) is 0 Å². The first-order valence-electron chi connectivity index (χ1n) is 10.4. The van der Waals surface area contributed by atoms with E-state index >= 15 is 0 Å². The van der Waals surface area contributed by atoms with Crippen LogP contribution < -0.4 is 4.74 Å². The second kappa shape index (κ2) is 14.3. The summed E-state index contributed by atoms with van der Waals surface area (Å²) in [7, 11) is 5.33. The van der Waals surface area contributed by atoms with Crippen molar-refractivity contribution in [1.82, 2.24) is 4.90 Å². The average Bonchev–Trinajstić information content (AvgIpc) is 2.78. The van der Waals surface area contributed by atoms with Crippen LogP contribution in [0.15, 0.2) is 60.7 Å². The minimum Gasteiger partial charge on any atom is -0.497 e. The van der Waals surface area contributed by atoms with E-state index in [0.29, 0.717) is 17.9 Å². The van der Waals surface area contributed by atoms with E-state index in [2.05, 4.69) is 13.5 Å². The summed E-state index contributed by atoms with van der Waals surface area (Å²) in [6.07, 6.45) is 5.22. The molecule has 2 rings (SSSR count). The molecular weight excluding hydrogens is 396 g/mol. The number of likely N-dealkylation sites (N-methyl/N-ethyl adjacent to an activating group) is 1. The first-order chi connectivity index (χ1) is 14.8. The van der Waals surface area contributed by atoms with Gasteiger partial charge < -0.3 is 9.64 Å². The quantitative estimate of drug-likeness (QED) is 0.187. The second-order valence-corrected chi connectivity index (χ2v) is 7.52. The van der Waals surface area contributed by atoms with Gasteiger partial charge >= 0.3 is 0 Å². The number of aryl methyl sites for hydroxylation is 1. The summed E-state index contributed by atoms with van der Waals surface area (Å²) in [5.74, 6) is -1.08. The van der Waals surface area contributed by atoms with Gasteiger partial charge in [0.1, 0.15) is 12.0 Å². The molecule has 0 heterocycles. The number of rotatable bonds is 10. The molecule has 0 bridgehead atoms. The number of carbonyl (C=O) groups is 1. The second-order valence-electron chi connectivity index (χ2n) is 7.52. The summed E-state index contributed by atoms with van der Waals surface area (Å²) < 4.78 is 33.6. The number of methoxy groups -OCH3 is 1. The number of unbranched alkanes of at least 4 members (excludes halogenated alkanes) is 2. The lowest BCUT2D eigenvalue weighted by Crippen LogP contribution is -2.14. The van der Waals surface area contributed by atoms with Crippen molar-refractivity contribution in [1.29, 1.82) is 0 Å². The van der Waals surface area contributed by atoms with Crippen molar-refractivity contribution >= 4 is 17.9 Å². The third-order valence-electron chi connectivity index (χ3n) is 4.50. The fraction of sp³-hybridized carbons (Fsp3) is 0.346. The third kappa shape index (κ3) is 9.71. The van der Waals surface area contributed by atoms with Crippen molar-refractivity contribution in [2.24, 2.45) is 0 Å². The molecule has 2 aromatic carbocycles.